The minimum atomic E-state index is -0.588. The summed E-state index contributed by atoms with van der Waals surface area (Å²) in [5, 5.41) is 11.6. The van der Waals surface area contributed by atoms with Gasteiger partial charge in [-0.2, -0.15) is 5.26 Å². The van der Waals surface area contributed by atoms with Gasteiger partial charge in [0.05, 0.1) is 12.2 Å². The zero-order valence-corrected chi connectivity index (χ0v) is 14.1. The van der Waals surface area contributed by atoms with Crippen LogP contribution in [0.15, 0.2) is 21.2 Å². The van der Waals surface area contributed by atoms with Crippen molar-refractivity contribution in [1.82, 2.24) is 14.1 Å². The summed E-state index contributed by atoms with van der Waals surface area (Å²) in [5.74, 6) is 0. The molecule has 0 saturated heterocycles. The molecule has 122 valence electrons. The Morgan fingerprint density at radius 2 is 2.17 bits per heavy atom. The van der Waals surface area contributed by atoms with Gasteiger partial charge in [0.1, 0.15) is 22.7 Å². The Hall–Kier alpha value is -2.24. The van der Waals surface area contributed by atoms with Gasteiger partial charge in [0.2, 0.25) is 0 Å². The molecule has 2 heterocycles. The molecule has 0 fully saturated rings. The molecule has 0 spiro atoms. The Morgan fingerprint density at radius 1 is 1.43 bits per heavy atom. The van der Waals surface area contributed by atoms with E-state index in [9.17, 15) is 9.59 Å². The van der Waals surface area contributed by atoms with E-state index in [2.05, 4.69) is 4.98 Å². The van der Waals surface area contributed by atoms with E-state index in [1.165, 1.54) is 22.1 Å². The third kappa shape index (κ3) is 3.57. The molecule has 0 saturated carbocycles. The van der Waals surface area contributed by atoms with Crippen LogP contribution in [0.5, 0.6) is 0 Å². The summed E-state index contributed by atoms with van der Waals surface area (Å²) in [5.41, 5.74) is -0.475. The Morgan fingerprint density at radius 3 is 2.78 bits per heavy atom. The minimum Gasteiger partial charge on any atom is -0.372 e. The van der Waals surface area contributed by atoms with E-state index in [1.54, 1.807) is 12.3 Å². The molecule has 8 heteroatoms. The lowest BCUT2D eigenvalue weighted by Crippen LogP contribution is -2.41. The molecule has 2 rings (SSSR count). The van der Waals surface area contributed by atoms with Crippen molar-refractivity contribution < 1.29 is 4.74 Å². The summed E-state index contributed by atoms with van der Waals surface area (Å²) in [7, 11) is 0. The Bertz CT molecular complexity index is 844. The lowest BCUT2D eigenvalue weighted by Gasteiger charge is -2.09. The van der Waals surface area contributed by atoms with Crippen molar-refractivity contribution in [3.63, 3.8) is 0 Å². The Balaban J connectivity index is 2.39. The van der Waals surface area contributed by atoms with E-state index in [-0.39, 0.29) is 18.2 Å². The maximum Gasteiger partial charge on any atom is 0.331 e. The highest BCUT2D eigenvalue weighted by molar-refractivity contribution is 7.09. The smallest absolute Gasteiger partial charge is 0.331 e. The summed E-state index contributed by atoms with van der Waals surface area (Å²) >= 11 is 1.42. The summed E-state index contributed by atoms with van der Waals surface area (Å²) < 4.78 is 7.87. The molecule has 7 nitrogen and oxygen atoms in total. The number of nitrogens with zero attached hydrogens (tertiary/aromatic N) is 4. The Kier molecular flexibility index (Phi) is 5.47. The van der Waals surface area contributed by atoms with Crippen LogP contribution in [0.2, 0.25) is 0 Å². The second-order valence-corrected chi connectivity index (χ2v) is 5.78. The largest absolute Gasteiger partial charge is 0.372 e. The lowest BCUT2D eigenvalue weighted by atomic mass is 10.3. The van der Waals surface area contributed by atoms with Crippen molar-refractivity contribution in [2.45, 2.75) is 40.0 Å². The number of nitriles is 1. The SMILES string of the molecule is CCOC(C)c1nc(Cn2c(=O)c(C#N)cn(CC)c2=O)cs1. The second-order valence-electron chi connectivity index (χ2n) is 4.89. The van der Waals surface area contributed by atoms with Gasteiger partial charge < -0.3 is 4.74 Å². The number of hydrogen-bond donors (Lipinski definition) is 0. The molecule has 1 unspecified atom stereocenters. The topological polar surface area (TPSA) is 89.9 Å². The van der Waals surface area contributed by atoms with Crippen molar-refractivity contribution in [3.05, 3.63) is 48.7 Å². The van der Waals surface area contributed by atoms with Crippen LogP contribution in [0.1, 0.15) is 43.1 Å². The summed E-state index contributed by atoms with van der Waals surface area (Å²) in [6.45, 7) is 6.60. The van der Waals surface area contributed by atoms with E-state index in [0.717, 1.165) is 9.57 Å². The second kappa shape index (κ2) is 7.35. The number of aromatic nitrogens is 3. The zero-order valence-electron chi connectivity index (χ0n) is 13.3. The minimum absolute atomic E-state index is 0.0442. The van der Waals surface area contributed by atoms with E-state index in [4.69, 9.17) is 10.00 Å². The molecular weight excluding hydrogens is 316 g/mol. The average Bonchev–Trinajstić information content (AvgIpc) is 3.01. The molecule has 2 aromatic heterocycles. The third-order valence-electron chi connectivity index (χ3n) is 3.35. The standard InChI is InChI=1S/C15H18N4O3S/c1-4-18-7-11(6-16)14(20)19(15(18)21)8-12-9-23-13(17-12)10(3)22-5-2/h7,9-10H,4-5,8H2,1-3H3. The molecule has 0 aliphatic carbocycles. The van der Waals surface area contributed by atoms with Crippen LogP contribution in [0.3, 0.4) is 0 Å². The van der Waals surface area contributed by atoms with E-state index < -0.39 is 11.2 Å². The molecule has 2 aromatic rings. The average molecular weight is 334 g/mol. The molecule has 0 aliphatic heterocycles. The lowest BCUT2D eigenvalue weighted by molar-refractivity contribution is 0.0761. The maximum absolute atomic E-state index is 12.3. The van der Waals surface area contributed by atoms with Crippen LogP contribution < -0.4 is 11.2 Å². The van der Waals surface area contributed by atoms with Gasteiger partial charge in [0.15, 0.2) is 0 Å². The van der Waals surface area contributed by atoms with E-state index in [1.807, 2.05) is 19.9 Å². The molecule has 0 bridgehead atoms. The first-order valence-electron chi connectivity index (χ1n) is 7.32. The molecular formula is C15H18N4O3S. The highest BCUT2D eigenvalue weighted by Gasteiger charge is 2.14. The van der Waals surface area contributed by atoms with Gasteiger partial charge in [0, 0.05) is 24.7 Å². The number of ether oxygens (including phenoxy) is 1. The maximum atomic E-state index is 12.3. The van der Waals surface area contributed by atoms with Crippen LogP contribution >= 0.6 is 11.3 Å². The number of aryl methyl sites for hydroxylation is 1. The molecule has 23 heavy (non-hydrogen) atoms. The fourth-order valence-electron chi connectivity index (χ4n) is 2.16. The number of rotatable bonds is 6. The fraction of sp³-hybridized carbons (Fsp3) is 0.467. The van der Waals surface area contributed by atoms with Crippen LogP contribution in [-0.2, 0) is 17.8 Å². The van der Waals surface area contributed by atoms with Gasteiger partial charge in [-0.3, -0.25) is 13.9 Å². The first-order valence-corrected chi connectivity index (χ1v) is 8.20. The molecule has 0 radical (unpaired) electrons. The molecule has 0 aromatic carbocycles. The molecule has 0 amide bonds. The van der Waals surface area contributed by atoms with Gasteiger partial charge in [-0.05, 0) is 20.8 Å². The van der Waals surface area contributed by atoms with Crippen LogP contribution in [0.25, 0.3) is 0 Å². The van der Waals surface area contributed by atoms with Gasteiger partial charge in [-0.25, -0.2) is 9.78 Å². The zero-order chi connectivity index (χ0) is 17.0. The van der Waals surface area contributed by atoms with Crippen molar-refractivity contribution in [2.24, 2.45) is 0 Å². The molecule has 0 aliphatic rings. The predicted octanol–water partition coefficient (Wildman–Crippen LogP) is 1.50. The van der Waals surface area contributed by atoms with E-state index in [0.29, 0.717) is 18.8 Å². The summed E-state index contributed by atoms with van der Waals surface area (Å²) in [4.78, 5) is 28.9. The van der Waals surface area contributed by atoms with E-state index >= 15 is 0 Å². The van der Waals surface area contributed by atoms with Crippen LogP contribution in [-0.4, -0.2) is 20.7 Å². The van der Waals surface area contributed by atoms with Gasteiger partial charge in [-0.15, -0.1) is 11.3 Å². The highest BCUT2D eigenvalue weighted by Crippen LogP contribution is 2.21. The van der Waals surface area contributed by atoms with Crippen molar-refractivity contribution in [1.29, 1.82) is 5.26 Å². The van der Waals surface area contributed by atoms with Crippen molar-refractivity contribution >= 4 is 11.3 Å². The quantitative estimate of drug-likeness (QED) is 0.798. The Labute approximate surface area is 137 Å². The number of hydrogen-bond acceptors (Lipinski definition) is 6. The molecule has 0 N–H and O–H groups in total. The summed E-state index contributed by atoms with van der Waals surface area (Å²) in [6.07, 6.45) is 1.17. The van der Waals surface area contributed by atoms with Gasteiger partial charge in [-0.1, -0.05) is 0 Å². The van der Waals surface area contributed by atoms with Crippen molar-refractivity contribution in [2.75, 3.05) is 6.61 Å². The van der Waals surface area contributed by atoms with Crippen molar-refractivity contribution in [3.8, 4) is 6.07 Å². The summed E-state index contributed by atoms with van der Waals surface area (Å²) in [6, 6.07) is 1.83. The first kappa shape index (κ1) is 17.1. The fourth-order valence-corrected chi connectivity index (χ4v) is 2.98. The van der Waals surface area contributed by atoms with Crippen LogP contribution in [0.4, 0.5) is 0 Å². The van der Waals surface area contributed by atoms with Gasteiger partial charge in [0.25, 0.3) is 5.56 Å². The first-order chi connectivity index (χ1) is 11.0. The predicted molar refractivity (Wildman–Crippen MR) is 86.6 cm³/mol. The molecule has 1 atom stereocenters. The van der Waals surface area contributed by atoms with Crippen LogP contribution in [0, 0.1) is 11.3 Å². The number of thiazole rings is 1. The third-order valence-corrected chi connectivity index (χ3v) is 4.41. The normalized spacial score (nSPS) is 12.1. The van der Waals surface area contributed by atoms with Gasteiger partial charge >= 0.3 is 5.69 Å². The highest BCUT2D eigenvalue weighted by atomic mass is 32.1. The monoisotopic (exact) mass is 334 g/mol.